The molecule has 7 nitrogen and oxygen atoms in total. The molecule has 0 saturated heterocycles. The fourth-order valence-electron chi connectivity index (χ4n) is 2.24. The van der Waals surface area contributed by atoms with Crippen LogP contribution >= 0.6 is 0 Å². The van der Waals surface area contributed by atoms with Gasteiger partial charge < -0.3 is 10.2 Å². The molecule has 1 amide bonds. The first-order valence-electron chi connectivity index (χ1n) is 8.29. The maximum Gasteiger partial charge on any atom is 0.270 e. The third-order valence-corrected chi connectivity index (χ3v) is 3.93. The summed E-state index contributed by atoms with van der Waals surface area (Å²) >= 11 is 0. The third kappa shape index (κ3) is 5.70. The Morgan fingerprint density at radius 1 is 1.31 bits per heavy atom. The molecule has 2 aromatic carbocycles. The van der Waals surface area contributed by atoms with E-state index in [4.69, 9.17) is 4.84 Å². The second kappa shape index (κ2) is 9.31. The second-order valence-corrected chi connectivity index (χ2v) is 5.84. The number of nitro benzene ring substituents is 1. The molecule has 0 aliphatic heterocycles. The average molecular weight is 355 g/mol. The van der Waals surface area contributed by atoms with Crippen molar-refractivity contribution in [3.63, 3.8) is 0 Å². The van der Waals surface area contributed by atoms with Gasteiger partial charge in [-0.3, -0.25) is 14.9 Å². The number of non-ortho nitro benzene ring substituents is 1. The number of amides is 1. The normalized spacial score (nSPS) is 11.9. The van der Waals surface area contributed by atoms with Gasteiger partial charge in [-0.1, -0.05) is 43.3 Å². The lowest BCUT2D eigenvalue weighted by Gasteiger charge is -2.10. The largest absolute Gasteiger partial charge is 0.386 e. The molecule has 0 fully saturated rings. The van der Waals surface area contributed by atoms with Crippen molar-refractivity contribution < 1.29 is 14.6 Å². The molecule has 0 saturated carbocycles. The summed E-state index contributed by atoms with van der Waals surface area (Å²) in [6.45, 7) is 4.03. The number of oxime groups is 1. The highest BCUT2D eigenvalue weighted by Crippen LogP contribution is 2.20. The summed E-state index contributed by atoms with van der Waals surface area (Å²) in [4.78, 5) is 27.0. The van der Waals surface area contributed by atoms with Crippen molar-refractivity contribution in [2.75, 3.05) is 11.9 Å². The molecule has 136 valence electrons. The number of nitro groups is 1. The molecule has 0 aliphatic carbocycles. The minimum absolute atomic E-state index is 0.0347. The molecule has 1 N–H and O–H groups in total. The Balaban J connectivity index is 1.81. The molecule has 7 heteroatoms. The minimum Gasteiger partial charge on any atom is -0.386 e. The van der Waals surface area contributed by atoms with Gasteiger partial charge in [0.05, 0.1) is 11.1 Å². The van der Waals surface area contributed by atoms with E-state index in [2.05, 4.69) is 24.3 Å². The molecule has 1 atom stereocenters. The molecular weight excluding hydrogens is 334 g/mol. The highest BCUT2D eigenvalue weighted by molar-refractivity contribution is 5.91. The van der Waals surface area contributed by atoms with Crippen LogP contribution < -0.4 is 5.32 Å². The van der Waals surface area contributed by atoms with Crippen molar-refractivity contribution in [3.05, 3.63) is 69.8 Å². The van der Waals surface area contributed by atoms with Gasteiger partial charge in [0, 0.05) is 23.4 Å². The van der Waals surface area contributed by atoms with Crippen molar-refractivity contribution in [1.82, 2.24) is 0 Å². The highest BCUT2D eigenvalue weighted by Gasteiger charge is 2.06. The van der Waals surface area contributed by atoms with Crippen molar-refractivity contribution in [2.45, 2.75) is 26.2 Å². The van der Waals surface area contributed by atoms with Crippen LogP contribution in [0.15, 0.2) is 53.7 Å². The zero-order valence-electron chi connectivity index (χ0n) is 14.7. The monoisotopic (exact) mass is 355 g/mol. The number of nitrogens with one attached hydrogen (secondary N) is 1. The van der Waals surface area contributed by atoms with E-state index in [0.29, 0.717) is 17.2 Å². The Hall–Kier alpha value is -3.22. The molecule has 0 bridgehead atoms. The first-order valence-corrected chi connectivity index (χ1v) is 8.29. The van der Waals surface area contributed by atoms with Gasteiger partial charge in [-0.05, 0) is 30.0 Å². The van der Waals surface area contributed by atoms with Crippen molar-refractivity contribution >= 4 is 23.5 Å². The van der Waals surface area contributed by atoms with Gasteiger partial charge in [-0.25, -0.2) is 0 Å². The summed E-state index contributed by atoms with van der Waals surface area (Å²) in [5.41, 5.74) is 2.39. The zero-order chi connectivity index (χ0) is 18.9. The van der Waals surface area contributed by atoms with E-state index in [1.165, 1.54) is 23.9 Å². The third-order valence-electron chi connectivity index (χ3n) is 3.93. The van der Waals surface area contributed by atoms with Crippen LogP contribution in [0.4, 0.5) is 11.4 Å². The number of carbonyl (C=O) groups excluding carboxylic acids is 1. The molecule has 0 spiro atoms. The Bertz CT molecular complexity index is 788. The number of hydrogen-bond donors (Lipinski definition) is 1. The number of carbonyl (C=O) groups is 1. The van der Waals surface area contributed by atoms with Crippen LogP contribution in [0.1, 0.15) is 37.3 Å². The van der Waals surface area contributed by atoms with Gasteiger partial charge in [-0.2, -0.15) is 0 Å². The van der Waals surface area contributed by atoms with E-state index >= 15 is 0 Å². The molecule has 0 radical (unpaired) electrons. The first kappa shape index (κ1) is 19.1. The van der Waals surface area contributed by atoms with Crippen LogP contribution in [0.2, 0.25) is 0 Å². The van der Waals surface area contributed by atoms with Gasteiger partial charge in [-0.15, -0.1) is 0 Å². The lowest BCUT2D eigenvalue weighted by Crippen LogP contribution is -2.17. The Labute approximate surface area is 151 Å². The summed E-state index contributed by atoms with van der Waals surface area (Å²) in [7, 11) is 0. The van der Waals surface area contributed by atoms with Gasteiger partial charge >= 0.3 is 0 Å². The molecule has 0 aliphatic rings. The highest BCUT2D eigenvalue weighted by atomic mass is 16.6. The molecule has 26 heavy (non-hydrogen) atoms. The molecule has 2 aromatic rings. The standard InChI is InChI=1S/C19H21N3O4/c1-3-14(2)16-7-9-17(10-8-16)21-19(23)13-26-20-12-15-5-4-6-18(11-15)22(24)25/h4-12,14H,3,13H2,1-2H3,(H,21,23)/b20-12-/t14-/m0/s1. The Morgan fingerprint density at radius 2 is 2.04 bits per heavy atom. The number of benzene rings is 2. The van der Waals surface area contributed by atoms with Gasteiger partial charge in [0.1, 0.15) is 0 Å². The van der Waals surface area contributed by atoms with E-state index in [0.717, 1.165) is 6.42 Å². The minimum atomic E-state index is -0.488. The quantitative estimate of drug-likeness (QED) is 0.438. The maximum absolute atomic E-state index is 11.8. The summed E-state index contributed by atoms with van der Waals surface area (Å²) in [6, 6.07) is 13.6. The molecule has 0 unspecified atom stereocenters. The number of anilines is 1. The SMILES string of the molecule is CC[C@H](C)c1ccc(NC(=O)CO/N=C\c2cccc([N+](=O)[O-])c2)cc1. The summed E-state index contributed by atoms with van der Waals surface area (Å²) in [6.07, 6.45) is 2.38. The maximum atomic E-state index is 11.8. The topological polar surface area (TPSA) is 93.8 Å². The van der Waals surface area contributed by atoms with Gasteiger partial charge in [0.2, 0.25) is 0 Å². The van der Waals surface area contributed by atoms with Crippen molar-refractivity contribution in [3.8, 4) is 0 Å². The fraction of sp³-hybridized carbons (Fsp3) is 0.263. The van der Waals surface area contributed by atoms with Crippen LogP contribution in [0.3, 0.4) is 0 Å². The van der Waals surface area contributed by atoms with Crippen LogP contribution in [-0.4, -0.2) is 23.7 Å². The Morgan fingerprint density at radius 3 is 2.69 bits per heavy atom. The van der Waals surface area contributed by atoms with E-state index < -0.39 is 4.92 Å². The molecule has 2 rings (SSSR count). The van der Waals surface area contributed by atoms with E-state index in [1.807, 2.05) is 24.3 Å². The second-order valence-electron chi connectivity index (χ2n) is 5.84. The molecular formula is C19H21N3O4. The number of hydrogen-bond acceptors (Lipinski definition) is 5. The predicted octanol–water partition coefficient (Wildman–Crippen LogP) is 4.10. The zero-order valence-corrected chi connectivity index (χ0v) is 14.7. The van der Waals surface area contributed by atoms with Crippen LogP contribution in [0, 0.1) is 10.1 Å². The summed E-state index contributed by atoms with van der Waals surface area (Å²) < 4.78 is 0. The lowest BCUT2D eigenvalue weighted by atomic mass is 9.99. The van der Waals surface area contributed by atoms with E-state index in [9.17, 15) is 14.9 Å². The molecule has 0 heterocycles. The van der Waals surface area contributed by atoms with Gasteiger partial charge in [0.25, 0.3) is 11.6 Å². The molecule has 0 aromatic heterocycles. The fourth-order valence-corrected chi connectivity index (χ4v) is 2.24. The van der Waals surface area contributed by atoms with Crippen LogP contribution in [0.5, 0.6) is 0 Å². The summed E-state index contributed by atoms with van der Waals surface area (Å²) in [5, 5.41) is 17.1. The summed E-state index contributed by atoms with van der Waals surface area (Å²) in [5.74, 6) is 0.142. The number of nitrogens with zero attached hydrogens (tertiary/aromatic N) is 2. The van der Waals surface area contributed by atoms with Gasteiger partial charge in [0.15, 0.2) is 6.61 Å². The predicted molar refractivity (Wildman–Crippen MR) is 100 cm³/mol. The lowest BCUT2D eigenvalue weighted by molar-refractivity contribution is -0.384. The first-order chi connectivity index (χ1) is 12.5. The van der Waals surface area contributed by atoms with Crippen molar-refractivity contribution in [2.24, 2.45) is 5.16 Å². The Kier molecular flexibility index (Phi) is 6.84. The van der Waals surface area contributed by atoms with E-state index in [-0.39, 0.29) is 18.2 Å². The number of rotatable bonds is 8. The average Bonchev–Trinajstić information content (AvgIpc) is 2.65. The van der Waals surface area contributed by atoms with Crippen LogP contribution in [0.25, 0.3) is 0 Å². The smallest absolute Gasteiger partial charge is 0.270 e. The van der Waals surface area contributed by atoms with E-state index in [1.54, 1.807) is 12.1 Å². The van der Waals surface area contributed by atoms with Crippen molar-refractivity contribution in [1.29, 1.82) is 0 Å². The van der Waals surface area contributed by atoms with Crippen LogP contribution in [-0.2, 0) is 9.63 Å².